The van der Waals surface area contributed by atoms with Gasteiger partial charge in [0, 0.05) is 11.7 Å². The molecule has 1 nitrogen and oxygen atoms in total. The van der Waals surface area contributed by atoms with Crippen molar-refractivity contribution in [2.45, 2.75) is 33.7 Å². The third kappa shape index (κ3) is 2.72. The van der Waals surface area contributed by atoms with Gasteiger partial charge in [-0.05, 0) is 37.5 Å². The predicted molar refractivity (Wildman–Crippen MR) is 59.1 cm³/mol. The Kier molecular flexibility index (Phi) is 3.50. The number of halogens is 1. The van der Waals surface area contributed by atoms with Gasteiger partial charge in [0.25, 0.3) is 0 Å². The lowest BCUT2D eigenvalue weighted by atomic mass is 10.1. The molecule has 0 radical (unpaired) electrons. The van der Waals surface area contributed by atoms with Crippen molar-refractivity contribution in [3.05, 3.63) is 29.6 Å². The number of hydrogen-bond acceptors (Lipinski definition) is 1. The third-order valence-electron chi connectivity index (χ3n) is 2.58. The van der Waals surface area contributed by atoms with Gasteiger partial charge in [0.1, 0.15) is 5.82 Å². The van der Waals surface area contributed by atoms with Crippen LogP contribution >= 0.6 is 0 Å². The highest BCUT2D eigenvalue weighted by molar-refractivity contribution is 5.51. The van der Waals surface area contributed by atoms with Crippen molar-refractivity contribution in [2.24, 2.45) is 5.92 Å². The summed E-state index contributed by atoms with van der Waals surface area (Å²) in [5.74, 6) is 0.353. The molecule has 0 unspecified atom stereocenters. The van der Waals surface area contributed by atoms with Gasteiger partial charge in [0.15, 0.2) is 0 Å². The molecule has 0 spiro atoms. The summed E-state index contributed by atoms with van der Waals surface area (Å²) >= 11 is 0. The SMILES string of the molecule is Cc1ccc(F)cc1N[C@@H](C)C(C)C. The van der Waals surface area contributed by atoms with Gasteiger partial charge in [-0.15, -0.1) is 0 Å². The lowest BCUT2D eigenvalue weighted by Crippen LogP contribution is -2.21. The summed E-state index contributed by atoms with van der Waals surface area (Å²) in [5.41, 5.74) is 1.98. The van der Waals surface area contributed by atoms with Crippen LogP contribution in [0.5, 0.6) is 0 Å². The lowest BCUT2D eigenvalue weighted by molar-refractivity contribution is 0.558. The molecule has 1 aromatic carbocycles. The van der Waals surface area contributed by atoms with Crippen LogP contribution in [0.4, 0.5) is 10.1 Å². The van der Waals surface area contributed by atoms with Gasteiger partial charge in [-0.1, -0.05) is 19.9 Å². The van der Waals surface area contributed by atoms with Crippen molar-refractivity contribution in [1.29, 1.82) is 0 Å². The zero-order chi connectivity index (χ0) is 10.7. The van der Waals surface area contributed by atoms with Crippen molar-refractivity contribution >= 4 is 5.69 Å². The van der Waals surface area contributed by atoms with Crippen LogP contribution in [0.25, 0.3) is 0 Å². The minimum absolute atomic E-state index is 0.186. The van der Waals surface area contributed by atoms with Crippen molar-refractivity contribution in [3.8, 4) is 0 Å². The first-order chi connectivity index (χ1) is 6.50. The van der Waals surface area contributed by atoms with Crippen molar-refractivity contribution in [2.75, 3.05) is 5.32 Å². The molecule has 0 aliphatic heterocycles. The summed E-state index contributed by atoms with van der Waals surface area (Å²) in [5, 5.41) is 3.31. The molecule has 1 aromatic rings. The van der Waals surface area contributed by atoms with E-state index in [1.165, 1.54) is 6.07 Å². The van der Waals surface area contributed by atoms with E-state index in [1.54, 1.807) is 12.1 Å². The Bertz CT molecular complexity index is 307. The van der Waals surface area contributed by atoms with Gasteiger partial charge >= 0.3 is 0 Å². The van der Waals surface area contributed by atoms with Gasteiger partial charge in [0.2, 0.25) is 0 Å². The normalized spacial score (nSPS) is 13.0. The average molecular weight is 195 g/mol. The molecule has 1 atom stereocenters. The molecule has 1 rings (SSSR count). The molecule has 0 bridgehead atoms. The molecule has 0 amide bonds. The monoisotopic (exact) mass is 195 g/mol. The Morgan fingerprint density at radius 3 is 2.43 bits per heavy atom. The van der Waals surface area contributed by atoms with E-state index in [1.807, 2.05) is 6.92 Å². The van der Waals surface area contributed by atoms with Crippen LogP contribution in [0.15, 0.2) is 18.2 Å². The van der Waals surface area contributed by atoms with E-state index in [0.717, 1.165) is 11.3 Å². The Morgan fingerprint density at radius 1 is 1.21 bits per heavy atom. The molecule has 1 N–H and O–H groups in total. The van der Waals surface area contributed by atoms with Gasteiger partial charge in [0.05, 0.1) is 0 Å². The first-order valence-electron chi connectivity index (χ1n) is 5.03. The minimum atomic E-state index is -0.186. The first-order valence-corrected chi connectivity index (χ1v) is 5.03. The summed E-state index contributed by atoms with van der Waals surface area (Å²) in [7, 11) is 0. The highest BCUT2D eigenvalue weighted by atomic mass is 19.1. The highest BCUT2D eigenvalue weighted by Crippen LogP contribution is 2.18. The molecule has 14 heavy (non-hydrogen) atoms. The number of rotatable bonds is 3. The fourth-order valence-corrected chi connectivity index (χ4v) is 1.16. The third-order valence-corrected chi connectivity index (χ3v) is 2.58. The highest BCUT2D eigenvalue weighted by Gasteiger charge is 2.08. The summed E-state index contributed by atoms with van der Waals surface area (Å²) < 4.78 is 13.0. The van der Waals surface area contributed by atoms with Gasteiger partial charge < -0.3 is 5.32 Å². The Labute approximate surface area is 85.3 Å². The molecule has 0 aliphatic rings. The van der Waals surface area contributed by atoms with Crippen molar-refractivity contribution < 1.29 is 4.39 Å². The molecule has 0 aliphatic carbocycles. The Hall–Kier alpha value is -1.05. The van der Waals surface area contributed by atoms with Crippen LogP contribution in [0.3, 0.4) is 0 Å². The topological polar surface area (TPSA) is 12.0 Å². The van der Waals surface area contributed by atoms with Crippen LogP contribution in [0.1, 0.15) is 26.3 Å². The van der Waals surface area contributed by atoms with Crippen LogP contribution in [0, 0.1) is 18.7 Å². The average Bonchev–Trinajstić information content (AvgIpc) is 2.11. The van der Waals surface area contributed by atoms with E-state index < -0.39 is 0 Å². The quantitative estimate of drug-likeness (QED) is 0.777. The summed E-state index contributed by atoms with van der Waals surface area (Å²) in [6.07, 6.45) is 0. The molecular weight excluding hydrogens is 177 g/mol. The van der Waals surface area contributed by atoms with E-state index in [2.05, 4.69) is 26.1 Å². The molecule has 0 fully saturated rings. The summed E-state index contributed by atoms with van der Waals surface area (Å²) in [6, 6.07) is 5.19. The second kappa shape index (κ2) is 4.45. The zero-order valence-electron chi connectivity index (χ0n) is 9.26. The Morgan fingerprint density at radius 2 is 1.86 bits per heavy atom. The molecule has 0 aromatic heterocycles. The number of benzene rings is 1. The molecule has 2 heteroatoms. The zero-order valence-corrected chi connectivity index (χ0v) is 9.26. The summed E-state index contributed by atoms with van der Waals surface area (Å²) in [4.78, 5) is 0. The first kappa shape index (κ1) is 11.0. The van der Waals surface area contributed by atoms with Crippen molar-refractivity contribution in [1.82, 2.24) is 0 Å². The number of nitrogens with one attached hydrogen (secondary N) is 1. The maximum Gasteiger partial charge on any atom is 0.125 e. The largest absolute Gasteiger partial charge is 0.382 e. The minimum Gasteiger partial charge on any atom is -0.382 e. The summed E-state index contributed by atoms with van der Waals surface area (Å²) in [6.45, 7) is 8.38. The van der Waals surface area contributed by atoms with Crippen LogP contribution < -0.4 is 5.32 Å². The Balaban J connectivity index is 2.80. The molecule has 0 heterocycles. The smallest absolute Gasteiger partial charge is 0.125 e. The number of hydrogen-bond donors (Lipinski definition) is 1. The fraction of sp³-hybridized carbons (Fsp3) is 0.500. The van der Waals surface area contributed by atoms with Gasteiger partial charge in [-0.2, -0.15) is 0 Å². The molecular formula is C12H18FN. The van der Waals surface area contributed by atoms with Gasteiger partial charge in [-0.25, -0.2) is 4.39 Å². The molecule has 0 saturated carbocycles. The van der Waals surface area contributed by atoms with E-state index in [-0.39, 0.29) is 5.82 Å². The number of aryl methyl sites for hydroxylation is 1. The van der Waals surface area contributed by atoms with E-state index >= 15 is 0 Å². The lowest BCUT2D eigenvalue weighted by Gasteiger charge is -2.20. The fourth-order valence-electron chi connectivity index (χ4n) is 1.16. The van der Waals surface area contributed by atoms with Gasteiger partial charge in [-0.3, -0.25) is 0 Å². The maximum absolute atomic E-state index is 13.0. The second-order valence-electron chi connectivity index (χ2n) is 4.14. The van der Waals surface area contributed by atoms with Crippen LogP contribution in [-0.4, -0.2) is 6.04 Å². The second-order valence-corrected chi connectivity index (χ2v) is 4.14. The molecule has 0 saturated heterocycles. The van der Waals surface area contributed by atoms with E-state index in [4.69, 9.17) is 0 Å². The molecule has 78 valence electrons. The van der Waals surface area contributed by atoms with Crippen LogP contribution in [0.2, 0.25) is 0 Å². The predicted octanol–water partition coefficient (Wildman–Crippen LogP) is 3.59. The number of anilines is 1. The maximum atomic E-state index is 13.0. The van der Waals surface area contributed by atoms with E-state index in [0.29, 0.717) is 12.0 Å². The van der Waals surface area contributed by atoms with Crippen LogP contribution in [-0.2, 0) is 0 Å². The van der Waals surface area contributed by atoms with Crippen molar-refractivity contribution in [3.63, 3.8) is 0 Å². The van der Waals surface area contributed by atoms with E-state index in [9.17, 15) is 4.39 Å². The standard InChI is InChI=1S/C12H18FN/c1-8(2)10(4)14-12-7-11(13)6-5-9(12)3/h5-8,10,14H,1-4H3/t10-/m0/s1.